The van der Waals surface area contributed by atoms with Crippen LogP contribution in [0.2, 0.25) is 0 Å². The molecule has 2 aliphatic rings. The zero-order valence-corrected chi connectivity index (χ0v) is 11.0. The molecule has 2 amide bonds. The molecule has 6 nitrogen and oxygen atoms in total. The predicted octanol–water partition coefficient (Wildman–Crippen LogP) is 0.908. The van der Waals surface area contributed by atoms with E-state index in [1.54, 1.807) is 13.1 Å². The molecule has 2 N–H and O–H groups in total. The van der Waals surface area contributed by atoms with Crippen molar-refractivity contribution in [3.8, 4) is 0 Å². The molecule has 2 saturated carbocycles. The van der Waals surface area contributed by atoms with Crippen LogP contribution in [0.1, 0.15) is 36.2 Å². The molecule has 0 saturated heterocycles. The summed E-state index contributed by atoms with van der Waals surface area (Å²) < 4.78 is 1.53. The van der Waals surface area contributed by atoms with E-state index < -0.39 is 0 Å². The van der Waals surface area contributed by atoms with E-state index in [1.807, 2.05) is 0 Å². The van der Waals surface area contributed by atoms with Crippen molar-refractivity contribution in [2.75, 3.05) is 11.9 Å². The summed E-state index contributed by atoms with van der Waals surface area (Å²) >= 11 is 0. The number of aromatic nitrogens is 2. The van der Waals surface area contributed by atoms with Crippen LogP contribution in [0.3, 0.4) is 0 Å². The Kier molecular flexibility index (Phi) is 3.00. The zero-order chi connectivity index (χ0) is 13.4. The molecule has 0 atom stereocenters. The third-order valence-electron chi connectivity index (χ3n) is 3.56. The Morgan fingerprint density at radius 1 is 1.37 bits per heavy atom. The Balaban J connectivity index is 1.61. The van der Waals surface area contributed by atoms with Gasteiger partial charge in [-0.1, -0.05) is 0 Å². The smallest absolute Gasteiger partial charge is 0.271 e. The first-order valence-electron chi connectivity index (χ1n) is 6.76. The van der Waals surface area contributed by atoms with Crippen molar-refractivity contribution in [1.82, 2.24) is 15.1 Å². The Bertz CT molecular complexity index is 515. The number of nitrogens with one attached hydrogen (secondary N) is 2. The highest BCUT2D eigenvalue weighted by Gasteiger charge is 2.30. The van der Waals surface area contributed by atoms with Crippen LogP contribution >= 0.6 is 0 Å². The monoisotopic (exact) mass is 262 g/mol. The Labute approximate surface area is 111 Å². The standard InChI is InChI=1S/C13H18N4O2/c1-17-11(15-12(18)9-4-5-9)6-10(16-17)13(19)14-7-8-2-3-8/h6,8-9H,2-5,7H2,1H3,(H,14,19)(H,15,18). The minimum Gasteiger partial charge on any atom is -0.350 e. The zero-order valence-electron chi connectivity index (χ0n) is 11.0. The highest BCUT2D eigenvalue weighted by molar-refractivity contribution is 5.96. The van der Waals surface area contributed by atoms with Gasteiger partial charge in [0.25, 0.3) is 5.91 Å². The number of carbonyl (C=O) groups excluding carboxylic acids is 2. The van der Waals surface area contributed by atoms with Crippen LogP contribution in [0.15, 0.2) is 6.07 Å². The lowest BCUT2D eigenvalue weighted by Crippen LogP contribution is -2.26. The molecule has 19 heavy (non-hydrogen) atoms. The second-order valence-corrected chi connectivity index (χ2v) is 5.46. The van der Waals surface area contributed by atoms with Crippen molar-refractivity contribution in [3.05, 3.63) is 11.8 Å². The van der Waals surface area contributed by atoms with Gasteiger partial charge in [0.15, 0.2) is 5.69 Å². The summed E-state index contributed by atoms with van der Waals surface area (Å²) in [5.74, 6) is 1.21. The number of hydrogen-bond donors (Lipinski definition) is 2. The van der Waals surface area contributed by atoms with Gasteiger partial charge in [-0.2, -0.15) is 5.10 Å². The highest BCUT2D eigenvalue weighted by Crippen LogP contribution is 2.30. The van der Waals surface area contributed by atoms with Gasteiger partial charge in [-0.05, 0) is 31.6 Å². The number of nitrogens with zero attached hydrogens (tertiary/aromatic N) is 2. The normalized spacial score (nSPS) is 18.2. The quantitative estimate of drug-likeness (QED) is 0.828. The summed E-state index contributed by atoms with van der Waals surface area (Å²) in [7, 11) is 1.72. The van der Waals surface area contributed by atoms with Crippen LogP contribution in [0, 0.1) is 11.8 Å². The van der Waals surface area contributed by atoms with E-state index in [0.717, 1.165) is 19.4 Å². The summed E-state index contributed by atoms with van der Waals surface area (Å²) in [6.07, 6.45) is 4.31. The molecule has 102 valence electrons. The topological polar surface area (TPSA) is 76.0 Å². The van der Waals surface area contributed by atoms with E-state index in [0.29, 0.717) is 17.4 Å². The molecule has 0 unspecified atom stereocenters. The number of rotatable bonds is 5. The SMILES string of the molecule is Cn1nc(C(=O)NCC2CC2)cc1NC(=O)C1CC1. The van der Waals surface area contributed by atoms with Gasteiger partial charge >= 0.3 is 0 Å². The Morgan fingerprint density at radius 3 is 2.74 bits per heavy atom. The molecule has 0 aromatic carbocycles. The highest BCUT2D eigenvalue weighted by atomic mass is 16.2. The summed E-state index contributed by atoms with van der Waals surface area (Å²) in [5, 5.41) is 9.80. The fourth-order valence-electron chi connectivity index (χ4n) is 1.92. The van der Waals surface area contributed by atoms with Gasteiger partial charge in [0.05, 0.1) is 0 Å². The first-order chi connectivity index (χ1) is 9.13. The maximum absolute atomic E-state index is 11.9. The second kappa shape index (κ2) is 4.68. The summed E-state index contributed by atoms with van der Waals surface area (Å²) in [4.78, 5) is 23.6. The molecular weight excluding hydrogens is 244 g/mol. The van der Waals surface area contributed by atoms with Crippen molar-refractivity contribution in [1.29, 1.82) is 0 Å². The van der Waals surface area contributed by atoms with Crippen LogP contribution in [0.4, 0.5) is 5.82 Å². The van der Waals surface area contributed by atoms with Crippen molar-refractivity contribution in [2.24, 2.45) is 18.9 Å². The third-order valence-corrected chi connectivity index (χ3v) is 3.56. The molecule has 1 heterocycles. The molecule has 2 fully saturated rings. The van der Waals surface area contributed by atoms with Crippen LogP contribution < -0.4 is 10.6 Å². The Morgan fingerprint density at radius 2 is 2.11 bits per heavy atom. The van der Waals surface area contributed by atoms with Crippen molar-refractivity contribution in [2.45, 2.75) is 25.7 Å². The minimum atomic E-state index is -0.172. The molecule has 2 aliphatic carbocycles. The summed E-state index contributed by atoms with van der Waals surface area (Å²) in [6.45, 7) is 0.721. The number of amides is 2. The van der Waals surface area contributed by atoms with Gasteiger partial charge in [0, 0.05) is 25.6 Å². The molecule has 0 bridgehead atoms. The summed E-state index contributed by atoms with van der Waals surface area (Å²) in [5.41, 5.74) is 0.356. The number of hydrogen-bond acceptors (Lipinski definition) is 3. The van der Waals surface area contributed by atoms with Gasteiger partial charge in [0.1, 0.15) is 5.82 Å². The second-order valence-electron chi connectivity index (χ2n) is 5.46. The maximum atomic E-state index is 11.9. The van der Waals surface area contributed by atoms with Gasteiger partial charge in [-0.3, -0.25) is 14.3 Å². The molecule has 6 heteroatoms. The largest absolute Gasteiger partial charge is 0.350 e. The van der Waals surface area contributed by atoms with E-state index in [2.05, 4.69) is 15.7 Å². The molecule has 0 radical (unpaired) electrons. The van der Waals surface area contributed by atoms with E-state index in [1.165, 1.54) is 17.5 Å². The van der Waals surface area contributed by atoms with Gasteiger partial charge < -0.3 is 10.6 Å². The molecule has 0 spiro atoms. The first kappa shape index (κ1) is 12.2. The number of anilines is 1. The van der Waals surface area contributed by atoms with E-state index in [4.69, 9.17) is 0 Å². The van der Waals surface area contributed by atoms with E-state index in [-0.39, 0.29) is 17.7 Å². The average Bonchev–Trinajstić information content (AvgIpc) is 3.27. The predicted molar refractivity (Wildman–Crippen MR) is 69.6 cm³/mol. The lowest BCUT2D eigenvalue weighted by molar-refractivity contribution is -0.117. The van der Waals surface area contributed by atoms with Crippen LogP contribution in [0.5, 0.6) is 0 Å². The lowest BCUT2D eigenvalue weighted by atomic mass is 10.3. The molecular formula is C13H18N4O2. The maximum Gasteiger partial charge on any atom is 0.271 e. The van der Waals surface area contributed by atoms with Gasteiger partial charge in [-0.25, -0.2) is 0 Å². The Hall–Kier alpha value is -1.85. The van der Waals surface area contributed by atoms with Crippen LogP contribution in [-0.4, -0.2) is 28.1 Å². The molecule has 0 aliphatic heterocycles. The summed E-state index contributed by atoms with van der Waals surface area (Å²) in [6, 6.07) is 1.63. The van der Waals surface area contributed by atoms with E-state index >= 15 is 0 Å². The van der Waals surface area contributed by atoms with E-state index in [9.17, 15) is 9.59 Å². The van der Waals surface area contributed by atoms with Crippen molar-refractivity contribution in [3.63, 3.8) is 0 Å². The number of carbonyl (C=O) groups is 2. The average molecular weight is 262 g/mol. The van der Waals surface area contributed by atoms with Crippen molar-refractivity contribution < 1.29 is 9.59 Å². The molecule has 1 aromatic rings. The van der Waals surface area contributed by atoms with Crippen LogP contribution in [-0.2, 0) is 11.8 Å². The first-order valence-corrected chi connectivity index (χ1v) is 6.76. The lowest BCUT2D eigenvalue weighted by Gasteiger charge is -2.02. The third kappa shape index (κ3) is 2.94. The molecule has 1 aromatic heterocycles. The number of aryl methyl sites for hydroxylation is 1. The van der Waals surface area contributed by atoms with Crippen molar-refractivity contribution >= 4 is 17.6 Å². The fourth-order valence-corrected chi connectivity index (χ4v) is 1.92. The van der Waals surface area contributed by atoms with Gasteiger partial charge in [-0.15, -0.1) is 0 Å². The van der Waals surface area contributed by atoms with Crippen LogP contribution in [0.25, 0.3) is 0 Å². The minimum absolute atomic E-state index is 0.0212. The molecule has 3 rings (SSSR count). The van der Waals surface area contributed by atoms with Gasteiger partial charge in [0.2, 0.25) is 5.91 Å². The fraction of sp³-hybridized carbons (Fsp3) is 0.615.